The molecule has 0 atom stereocenters. The van der Waals surface area contributed by atoms with Gasteiger partial charge in [-0.25, -0.2) is 8.42 Å². The molecular weight excluding hydrogens is 294 g/mol. The van der Waals surface area contributed by atoms with Gasteiger partial charge in [-0.05, 0) is 25.1 Å². The lowest BCUT2D eigenvalue weighted by atomic mass is 10.2. The Morgan fingerprint density at radius 3 is 2.62 bits per heavy atom. The lowest BCUT2D eigenvalue weighted by Crippen LogP contribution is -2.33. The van der Waals surface area contributed by atoms with Crippen molar-refractivity contribution < 1.29 is 22.7 Å². The first-order chi connectivity index (χ1) is 9.80. The standard InChI is InChI=1S/C14H19NO5S/c1-14(19-8-9-20-14)6-7-15-13(16)11-4-3-5-12(10-11)21(2,17)18/h3-5,10H,6-9H2,1-2H3,(H,15,16). The van der Waals surface area contributed by atoms with Gasteiger partial charge in [0.2, 0.25) is 0 Å². The Labute approximate surface area is 124 Å². The van der Waals surface area contributed by atoms with Gasteiger partial charge >= 0.3 is 0 Å². The molecule has 1 heterocycles. The Bertz CT molecular complexity index is 620. The molecule has 1 amide bonds. The molecule has 1 aliphatic heterocycles. The third-order valence-electron chi connectivity index (χ3n) is 3.29. The van der Waals surface area contributed by atoms with E-state index >= 15 is 0 Å². The normalized spacial score (nSPS) is 17.6. The highest BCUT2D eigenvalue weighted by Crippen LogP contribution is 2.21. The van der Waals surface area contributed by atoms with E-state index in [9.17, 15) is 13.2 Å². The second-order valence-corrected chi connectivity index (χ2v) is 7.15. The minimum Gasteiger partial charge on any atom is -0.352 e. The molecule has 0 unspecified atom stereocenters. The first-order valence-electron chi connectivity index (χ1n) is 6.66. The fourth-order valence-electron chi connectivity index (χ4n) is 2.07. The highest BCUT2D eigenvalue weighted by molar-refractivity contribution is 7.90. The number of benzene rings is 1. The SMILES string of the molecule is CC1(CCNC(=O)c2cccc(S(C)(=O)=O)c2)OCCO1. The predicted octanol–water partition coefficient (Wildman–Crippen LogP) is 0.973. The third kappa shape index (κ3) is 4.26. The Kier molecular flexibility index (Phi) is 4.65. The van der Waals surface area contributed by atoms with Crippen molar-refractivity contribution >= 4 is 15.7 Å². The van der Waals surface area contributed by atoms with Gasteiger partial charge in [-0.1, -0.05) is 6.07 Å². The zero-order valence-electron chi connectivity index (χ0n) is 12.1. The molecule has 0 spiro atoms. The molecule has 1 aliphatic rings. The molecule has 0 radical (unpaired) electrons. The van der Waals surface area contributed by atoms with E-state index in [1.54, 1.807) is 12.1 Å². The van der Waals surface area contributed by atoms with Crippen molar-refractivity contribution in [3.63, 3.8) is 0 Å². The molecule has 6 nitrogen and oxygen atoms in total. The Balaban J connectivity index is 1.94. The molecule has 21 heavy (non-hydrogen) atoms. The highest BCUT2D eigenvalue weighted by atomic mass is 32.2. The number of carbonyl (C=O) groups is 1. The zero-order valence-corrected chi connectivity index (χ0v) is 12.9. The monoisotopic (exact) mass is 313 g/mol. The molecule has 1 saturated heterocycles. The average molecular weight is 313 g/mol. The molecule has 1 N–H and O–H groups in total. The minimum atomic E-state index is -3.32. The van der Waals surface area contributed by atoms with E-state index in [4.69, 9.17) is 9.47 Å². The van der Waals surface area contributed by atoms with Crippen molar-refractivity contribution in [3.05, 3.63) is 29.8 Å². The summed E-state index contributed by atoms with van der Waals surface area (Å²) in [5.41, 5.74) is 0.316. The van der Waals surface area contributed by atoms with Gasteiger partial charge in [0, 0.05) is 24.8 Å². The number of ether oxygens (including phenoxy) is 2. The molecule has 0 saturated carbocycles. The summed E-state index contributed by atoms with van der Waals surface area (Å²) in [7, 11) is -3.32. The largest absolute Gasteiger partial charge is 0.352 e. The number of sulfone groups is 1. The summed E-state index contributed by atoms with van der Waals surface area (Å²) in [6.45, 7) is 3.33. The molecular formula is C14H19NO5S. The molecule has 0 bridgehead atoms. The molecule has 7 heteroatoms. The minimum absolute atomic E-state index is 0.129. The topological polar surface area (TPSA) is 81.7 Å². The van der Waals surface area contributed by atoms with Gasteiger partial charge in [-0.2, -0.15) is 0 Å². The number of carbonyl (C=O) groups excluding carboxylic acids is 1. The van der Waals surface area contributed by atoms with E-state index in [-0.39, 0.29) is 10.8 Å². The van der Waals surface area contributed by atoms with E-state index in [0.717, 1.165) is 6.26 Å². The van der Waals surface area contributed by atoms with Gasteiger partial charge in [0.05, 0.1) is 18.1 Å². The summed E-state index contributed by atoms with van der Waals surface area (Å²) >= 11 is 0. The molecule has 1 aromatic rings. The van der Waals surface area contributed by atoms with Gasteiger partial charge < -0.3 is 14.8 Å². The lowest BCUT2D eigenvalue weighted by Gasteiger charge is -2.22. The first kappa shape index (κ1) is 15.9. The third-order valence-corrected chi connectivity index (χ3v) is 4.40. The van der Waals surface area contributed by atoms with Crippen LogP contribution in [0.25, 0.3) is 0 Å². The van der Waals surface area contributed by atoms with Gasteiger partial charge in [0.15, 0.2) is 15.6 Å². The van der Waals surface area contributed by atoms with Crippen LogP contribution in [0.15, 0.2) is 29.2 Å². The van der Waals surface area contributed by atoms with Crippen LogP contribution in [0.1, 0.15) is 23.7 Å². The second kappa shape index (κ2) is 6.13. The summed E-state index contributed by atoms with van der Waals surface area (Å²) < 4.78 is 33.8. The van der Waals surface area contributed by atoms with Crippen LogP contribution in [-0.2, 0) is 19.3 Å². The van der Waals surface area contributed by atoms with Gasteiger partial charge in [0.1, 0.15) is 0 Å². The first-order valence-corrected chi connectivity index (χ1v) is 8.56. The predicted molar refractivity (Wildman–Crippen MR) is 76.8 cm³/mol. The van der Waals surface area contributed by atoms with E-state index < -0.39 is 15.6 Å². The van der Waals surface area contributed by atoms with Crippen molar-refractivity contribution in [3.8, 4) is 0 Å². The van der Waals surface area contributed by atoms with E-state index in [1.165, 1.54) is 12.1 Å². The van der Waals surface area contributed by atoms with E-state index in [2.05, 4.69) is 5.32 Å². The van der Waals surface area contributed by atoms with Crippen LogP contribution in [0.5, 0.6) is 0 Å². The zero-order chi connectivity index (χ0) is 15.5. The van der Waals surface area contributed by atoms with Crippen LogP contribution in [0.2, 0.25) is 0 Å². The number of rotatable bonds is 5. The number of amides is 1. The van der Waals surface area contributed by atoms with Crippen molar-refractivity contribution in [1.82, 2.24) is 5.32 Å². The summed E-state index contributed by atoms with van der Waals surface area (Å²) in [4.78, 5) is 12.1. The van der Waals surface area contributed by atoms with Crippen LogP contribution in [0, 0.1) is 0 Å². The smallest absolute Gasteiger partial charge is 0.251 e. The fraction of sp³-hybridized carbons (Fsp3) is 0.500. The van der Waals surface area contributed by atoms with Crippen LogP contribution in [0.4, 0.5) is 0 Å². The van der Waals surface area contributed by atoms with Gasteiger partial charge in [-0.15, -0.1) is 0 Å². The van der Waals surface area contributed by atoms with Crippen LogP contribution >= 0.6 is 0 Å². The van der Waals surface area contributed by atoms with Crippen LogP contribution < -0.4 is 5.32 Å². The molecule has 2 rings (SSSR count). The Morgan fingerprint density at radius 2 is 2.00 bits per heavy atom. The Hall–Kier alpha value is -1.44. The molecule has 116 valence electrons. The maximum absolute atomic E-state index is 12.0. The van der Waals surface area contributed by atoms with Crippen molar-refractivity contribution in [2.24, 2.45) is 0 Å². The summed E-state index contributed by atoms with van der Waals surface area (Å²) in [6, 6.07) is 5.96. The molecule has 0 aliphatic carbocycles. The van der Waals surface area contributed by atoms with Crippen molar-refractivity contribution in [2.45, 2.75) is 24.0 Å². The van der Waals surface area contributed by atoms with Crippen LogP contribution in [-0.4, -0.2) is 46.1 Å². The maximum Gasteiger partial charge on any atom is 0.251 e. The Morgan fingerprint density at radius 1 is 1.33 bits per heavy atom. The molecule has 1 aromatic carbocycles. The highest BCUT2D eigenvalue weighted by Gasteiger charge is 2.30. The molecule has 0 aromatic heterocycles. The second-order valence-electron chi connectivity index (χ2n) is 5.14. The quantitative estimate of drug-likeness (QED) is 0.876. The number of nitrogens with one attached hydrogen (secondary N) is 1. The fourth-order valence-corrected chi connectivity index (χ4v) is 2.74. The van der Waals surface area contributed by atoms with Gasteiger partial charge in [0.25, 0.3) is 5.91 Å². The van der Waals surface area contributed by atoms with E-state index in [0.29, 0.717) is 31.7 Å². The molecule has 1 fully saturated rings. The van der Waals surface area contributed by atoms with Crippen molar-refractivity contribution in [2.75, 3.05) is 26.0 Å². The maximum atomic E-state index is 12.0. The lowest BCUT2D eigenvalue weighted by molar-refractivity contribution is -0.145. The van der Waals surface area contributed by atoms with E-state index in [1.807, 2.05) is 6.92 Å². The summed E-state index contributed by atoms with van der Waals surface area (Å²) in [5, 5.41) is 2.74. The van der Waals surface area contributed by atoms with Crippen molar-refractivity contribution in [1.29, 1.82) is 0 Å². The number of hydrogen-bond donors (Lipinski definition) is 1. The average Bonchev–Trinajstić information content (AvgIpc) is 2.85. The van der Waals surface area contributed by atoms with Crippen LogP contribution in [0.3, 0.4) is 0 Å². The number of hydrogen-bond acceptors (Lipinski definition) is 5. The van der Waals surface area contributed by atoms with Gasteiger partial charge in [-0.3, -0.25) is 4.79 Å². The summed E-state index contributed by atoms with van der Waals surface area (Å²) in [6.07, 6.45) is 1.64. The summed E-state index contributed by atoms with van der Waals surface area (Å²) in [5.74, 6) is -0.968.